The molecular formula is C7H8F5N3O. The molecule has 0 bridgehead atoms. The van der Waals surface area contributed by atoms with E-state index in [9.17, 15) is 22.0 Å². The Morgan fingerprint density at radius 3 is 2.31 bits per heavy atom. The summed E-state index contributed by atoms with van der Waals surface area (Å²) in [6.07, 6.45) is -7.88. The average Bonchev–Trinajstić information content (AvgIpc) is 2.57. The first kappa shape index (κ1) is 12.8. The van der Waals surface area contributed by atoms with Gasteiger partial charge in [-0.2, -0.15) is 13.2 Å². The summed E-state index contributed by atoms with van der Waals surface area (Å²) in [5.41, 5.74) is -1.56. The van der Waals surface area contributed by atoms with E-state index in [1.54, 1.807) is 0 Å². The lowest BCUT2D eigenvalue weighted by atomic mass is 10.3. The Morgan fingerprint density at radius 2 is 1.94 bits per heavy atom. The highest BCUT2D eigenvalue weighted by Gasteiger charge is 2.41. The van der Waals surface area contributed by atoms with Crippen molar-refractivity contribution >= 4 is 0 Å². The normalized spacial score (nSPS) is 14.5. The first-order valence-corrected chi connectivity index (χ1v) is 4.18. The molecule has 0 spiro atoms. The number of hydrogen-bond acceptors (Lipinski definition) is 3. The van der Waals surface area contributed by atoms with Crippen LogP contribution in [-0.4, -0.2) is 26.3 Å². The van der Waals surface area contributed by atoms with Crippen LogP contribution in [-0.2, 0) is 6.61 Å². The molecule has 16 heavy (non-hydrogen) atoms. The number of aliphatic hydroxyl groups excluding tert-OH is 1. The Kier molecular flexibility index (Phi) is 3.46. The van der Waals surface area contributed by atoms with Crippen LogP contribution in [0.2, 0.25) is 0 Å². The zero-order valence-electron chi connectivity index (χ0n) is 8.04. The van der Waals surface area contributed by atoms with Crippen LogP contribution in [0.1, 0.15) is 30.8 Å². The highest BCUT2D eigenvalue weighted by molar-refractivity contribution is 5.11. The fourth-order valence-corrected chi connectivity index (χ4v) is 1.10. The molecule has 1 unspecified atom stereocenters. The molecule has 0 saturated carbocycles. The molecule has 1 rings (SSSR count). The maximum absolute atomic E-state index is 12.5. The molecule has 1 aromatic heterocycles. The van der Waals surface area contributed by atoms with Crippen LogP contribution in [0, 0.1) is 0 Å². The zero-order chi connectivity index (χ0) is 12.5. The van der Waals surface area contributed by atoms with Gasteiger partial charge in [-0.05, 0) is 6.92 Å². The quantitative estimate of drug-likeness (QED) is 0.826. The van der Waals surface area contributed by atoms with Crippen LogP contribution in [0.5, 0.6) is 0 Å². The highest BCUT2D eigenvalue weighted by atomic mass is 19.4. The lowest BCUT2D eigenvalue weighted by Crippen LogP contribution is -2.26. The Morgan fingerprint density at radius 1 is 1.38 bits per heavy atom. The predicted molar refractivity (Wildman–Crippen MR) is 41.7 cm³/mol. The van der Waals surface area contributed by atoms with E-state index < -0.39 is 36.6 Å². The van der Waals surface area contributed by atoms with Crippen LogP contribution in [0.3, 0.4) is 0 Å². The summed E-state index contributed by atoms with van der Waals surface area (Å²) in [5, 5.41) is 14.7. The molecule has 1 N–H and O–H groups in total. The first-order chi connectivity index (χ1) is 7.29. The van der Waals surface area contributed by atoms with Gasteiger partial charge in [0.05, 0.1) is 6.61 Å². The molecule has 0 aromatic carbocycles. The molecule has 0 radical (unpaired) electrons. The molecule has 4 nitrogen and oxygen atoms in total. The summed E-state index contributed by atoms with van der Waals surface area (Å²) >= 11 is 0. The molecule has 0 saturated heterocycles. The molecular weight excluding hydrogens is 237 g/mol. The van der Waals surface area contributed by atoms with Crippen molar-refractivity contribution in [2.24, 2.45) is 0 Å². The van der Waals surface area contributed by atoms with Gasteiger partial charge in [0.1, 0.15) is 17.4 Å². The monoisotopic (exact) mass is 245 g/mol. The van der Waals surface area contributed by atoms with Crippen molar-refractivity contribution in [2.75, 3.05) is 0 Å². The second-order valence-corrected chi connectivity index (χ2v) is 3.04. The number of rotatable bonds is 3. The molecule has 0 amide bonds. The molecule has 0 fully saturated rings. The van der Waals surface area contributed by atoms with Crippen LogP contribution >= 0.6 is 0 Å². The van der Waals surface area contributed by atoms with E-state index in [0.29, 0.717) is 6.92 Å². The van der Waals surface area contributed by atoms with Crippen LogP contribution in [0.4, 0.5) is 22.0 Å². The number of nitrogens with zero attached hydrogens (tertiary/aromatic N) is 3. The molecule has 1 atom stereocenters. The summed E-state index contributed by atoms with van der Waals surface area (Å²) in [7, 11) is 0. The van der Waals surface area contributed by atoms with Gasteiger partial charge in [-0.1, -0.05) is 5.21 Å². The number of aliphatic hydroxyl groups is 1. The fourth-order valence-electron chi connectivity index (χ4n) is 1.10. The molecule has 0 aliphatic rings. The standard InChI is InChI=1S/C7H8F5N3O/c1-3(7(10,11)12)15-5(6(8)9)4(2-16)13-14-15/h3,6,16H,2H2,1H3. The Hall–Kier alpha value is -1.25. The second-order valence-electron chi connectivity index (χ2n) is 3.04. The van der Waals surface area contributed by atoms with E-state index in [1.807, 2.05) is 0 Å². The molecule has 1 heterocycles. The Labute approximate surface area is 86.7 Å². The van der Waals surface area contributed by atoms with Crippen molar-refractivity contribution in [1.29, 1.82) is 0 Å². The van der Waals surface area contributed by atoms with Crippen LogP contribution in [0.15, 0.2) is 0 Å². The van der Waals surface area contributed by atoms with Crippen LogP contribution < -0.4 is 0 Å². The van der Waals surface area contributed by atoms with E-state index in [0.717, 1.165) is 0 Å². The smallest absolute Gasteiger partial charge is 0.390 e. The minimum Gasteiger partial charge on any atom is -0.390 e. The maximum atomic E-state index is 12.5. The Bertz CT molecular complexity index is 361. The van der Waals surface area contributed by atoms with Gasteiger partial charge >= 0.3 is 6.18 Å². The van der Waals surface area contributed by atoms with Gasteiger partial charge in [-0.3, -0.25) is 0 Å². The predicted octanol–water partition coefficient (Wildman–Crippen LogP) is 1.83. The van der Waals surface area contributed by atoms with E-state index >= 15 is 0 Å². The van der Waals surface area contributed by atoms with E-state index in [-0.39, 0.29) is 4.68 Å². The molecule has 92 valence electrons. The third-order valence-corrected chi connectivity index (χ3v) is 2.00. The van der Waals surface area contributed by atoms with Gasteiger partial charge in [0.25, 0.3) is 6.43 Å². The summed E-state index contributed by atoms with van der Waals surface area (Å²) in [6.45, 7) is -0.202. The second kappa shape index (κ2) is 4.32. The summed E-state index contributed by atoms with van der Waals surface area (Å²) in [4.78, 5) is 0. The Balaban J connectivity index is 3.19. The average molecular weight is 245 g/mol. The van der Waals surface area contributed by atoms with E-state index in [1.165, 1.54) is 0 Å². The van der Waals surface area contributed by atoms with Gasteiger partial charge in [0.15, 0.2) is 0 Å². The fraction of sp³-hybridized carbons (Fsp3) is 0.714. The summed E-state index contributed by atoms with van der Waals surface area (Å²) < 4.78 is 61.9. The van der Waals surface area contributed by atoms with Crippen LogP contribution in [0.25, 0.3) is 0 Å². The SMILES string of the molecule is CC(n1nnc(CO)c1C(F)F)C(F)(F)F. The topological polar surface area (TPSA) is 50.9 Å². The van der Waals surface area contributed by atoms with Gasteiger partial charge in [-0.25, -0.2) is 13.5 Å². The van der Waals surface area contributed by atoms with Crippen molar-refractivity contribution < 1.29 is 27.1 Å². The van der Waals surface area contributed by atoms with Gasteiger partial charge in [0.2, 0.25) is 0 Å². The third kappa shape index (κ3) is 2.29. The summed E-state index contributed by atoms with van der Waals surface area (Å²) in [5.74, 6) is 0. The number of aromatic nitrogens is 3. The van der Waals surface area contributed by atoms with Crippen molar-refractivity contribution in [3.8, 4) is 0 Å². The van der Waals surface area contributed by atoms with Gasteiger partial charge < -0.3 is 5.11 Å². The van der Waals surface area contributed by atoms with Crippen molar-refractivity contribution in [2.45, 2.75) is 32.2 Å². The molecule has 9 heteroatoms. The maximum Gasteiger partial charge on any atom is 0.410 e. The largest absolute Gasteiger partial charge is 0.410 e. The summed E-state index contributed by atoms with van der Waals surface area (Å²) in [6, 6.07) is -2.22. The minimum absolute atomic E-state index is 0.0796. The zero-order valence-corrected chi connectivity index (χ0v) is 8.04. The van der Waals surface area contributed by atoms with Gasteiger partial charge in [-0.15, -0.1) is 5.10 Å². The van der Waals surface area contributed by atoms with E-state index in [4.69, 9.17) is 5.11 Å². The first-order valence-electron chi connectivity index (χ1n) is 4.18. The number of hydrogen-bond donors (Lipinski definition) is 1. The number of halogens is 5. The third-order valence-electron chi connectivity index (χ3n) is 2.00. The number of alkyl halides is 5. The molecule has 0 aliphatic carbocycles. The molecule has 0 aliphatic heterocycles. The van der Waals surface area contributed by atoms with Crippen molar-refractivity contribution in [3.63, 3.8) is 0 Å². The lowest BCUT2D eigenvalue weighted by Gasteiger charge is -2.17. The minimum atomic E-state index is -4.70. The molecule has 1 aromatic rings. The van der Waals surface area contributed by atoms with E-state index in [2.05, 4.69) is 10.3 Å². The lowest BCUT2D eigenvalue weighted by molar-refractivity contribution is -0.166. The highest BCUT2D eigenvalue weighted by Crippen LogP contribution is 2.33. The van der Waals surface area contributed by atoms with Gasteiger partial charge in [0, 0.05) is 0 Å². The van der Waals surface area contributed by atoms with Crippen molar-refractivity contribution in [3.05, 3.63) is 11.4 Å². The van der Waals surface area contributed by atoms with Crippen molar-refractivity contribution in [1.82, 2.24) is 15.0 Å².